The third kappa shape index (κ3) is 4.19. The summed E-state index contributed by atoms with van der Waals surface area (Å²) in [4.78, 5) is 28.1. The summed E-state index contributed by atoms with van der Waals surface area (Å²) in [6.45, 7) is 2.48. The van der Waals surface area contributed by atoms with Crippen molar-refractivity contribution >= 4 is 17.4 Å². The van der Waals surface area contributed by atoms with E-state index >= 15 is 0 Å². The molecule has 2 aromatic rings. The molecule has 0 aliphatic carbocycles. The molecule has 130 valence electrons. The fourth-order valence-electron chi connectivity index (χ4n) is 2.51. The molecule has 1 amide bonds. The smallest absolute Gasteiger partial charge is 0.255 e. The fourth-order valence-corrected chi connectivity index (χ4v) is 2.51. The summed E-state index contributed by atoms with van der Waals surface area (Å²) >= 11 is 0. The zero-order chi connectivity index (χ0) is 17.8. The third-order valence-electron chi connectivity index (χ3n) is 3.78. The highest BCUT2D eigenvalue weighted by atomic mass is 19.1. The zero-order valence-electron chi connectivity index (χ0n) is 13.6. The number of anilines is 1. The number of halogens is 1. The van der Waals surface area contributed by atoms with E-state index in [9.17, 15) is 14.0 Å². The van der Waals surface area contributed by atoms with Gasteiger partial charge in [0.05, 0.1) is 18.9 Å². The highest BCUT2D eigenvalue weighted by Gasteiger charge is 2.19. The molecule has 1 unspecified atom stereocenters. The van der Waals surface area contributed by atoms with Gasteiger partial charge in [-0.15, -0.1) is 0 Å². The van der Waals surface area contributed by atoms with Crippen LogP contribution in [0.2, 0.25) is 0 Å². The predicted molar refractivity (Wildman–Crippen MR) is 88.4 cm³/mol. The summed E-state index contributed by atoms with van der Waals surface area (Å²) in [5, 5.41) is 2.56. The number of hydrogen-bond donors (Lipinski definition) is 1. The molecule has 0 spiro atoms. The molecule has 25 heavy (non-hydrogen) atoms. The van der Waals surface area contributed by atoms with Crippen LogP contribution in [-0.4, -0.2) is 36.0 Å². The Hall–Kier alpha value is -2.80. The maximum Gasteiger partial charge on any atom is 0.255 e. The Morgan fingerprint density at radius 3 is 2.88 bits per heavy atom. The van der Waals surface area contributed by atoms with E-state index in [1.54, 1.807) is 0 Å². The lowest BCUT2D eigenvalue weighted by Crippen LogP contribution is -2.18. The van der Waals surface area contributed by atoms with Crippen LogP contribution in [0.25, 0.3) is 0 Å². The van der Waals surface area contributed by atoms with Crippen molar-refractivity contribution in [2.24, 2.45) is 0 Å². The van der Waals surface area contributed by atoms with E-state index in [0.717, 1.165) is 12.5 Å². The number of aromatic nitrogens is 1. The molecule has 1 fully saturated rings. The van der Waals surface area contributed by atoms with Crippen LogP contribution in [0.15, 0.2) is 36.5 Å². The largest absolute Gasteiger partial charge is 0.472 e. The van der Waals surface area contributed by atoms with E-state index in [-0.39, 0.29) is 23.1 Å². The van der Waals surface area contributed by atoms with Crippen LogP contribution in [0.4, 0.5) is 10.1 Å². The Morgan fingerprint density at radius 1 is 1.32 bits per heavy atom. The van der Waals surface area contributed by atoms with E-state index in [1.807, 2.05) is 0 Å². The van der Waals surface area contributed by atoms with Crippen molar-refractivity contribution in [1.29, 1.82) is 0 Å². The maximum atomic E-state index is 13.5. The first-order valence-electron chi connectivity index (χ1n) is 7.85. The van der Waals surface area contributed by atoms with Crippen molar-refractivity contribution in [2.45, 2.75) is 19.4 Å². The molecule has 1 aromatic carbocycles. The highest BCUT2D eigenvalue weighted by molar-refractivity contribution is 6.09. The average molecular weight is 344 g/mol. The van der Waals surface area contributed by atoms with Crippen molar-refractivity contribution in [3.05, 3.63) is 53.5 Å². The van der Waals surface area contributed by atoms with Gasteiger partial charge in [-0.1, -0.05) is 0 Å². The number of ketones is 1. The summed E-state index contributed by atoms with van der Waals surface area (Å²) in [5.41, 5.74) is 0.659. The van der Waals surface area contributed by atoms with Crippen molar-refractivity contribution in [3.63, 3.8) is 0 Å². The van der Waals surface area contributed by atoms with E-state index in [0.29, 0.717) is 24.7 Å². The van der Waals surface area contributed by atoms with Gasteiger partial charge < -0.3 is 14.8 Å². The van der Waals surface area contributed by atoms with Gasteiger partial charge >= 0.3 is 0 Å². The van der Waals surface area contributed by atoms with Crippen LogP contribution in [0.1, 0.15) is 34.1 Å². The van der Waals surface area contributed by atoms with E-state index < -0.39 is 11.7 Å². The van der Waals surface area contributed by atoms with Gasteiger partial charge in [0.25, 0.3) is 5.91 Å². The molecule has 1 saturated heterocycles. The number of carbonyl (C=O) groups excluding carboxylic acids is 2. The summed E-state index contributed by atoms with van der Waals surface area (Å²) in [5.74, 6) is -0.979. The molecule has 2 heterocycles. The molecular weight excluding hydrogens is 327 g/mol. The van der Waals surface area contributed by atoms with Crippen molar-refractivity contribution in [2.75, 3.05) is 18.5 Å². The van der Waals surface area contributed by atoms with Gasteiger partial charge in [-0.3, -0.25) is 9.59 Å². The SMILES string of the molecule is CC(=O)c1ccc(F)cc1NC(=O)c1ccnc(OC2CCOC2)c1. The molecule has 1 aliphatic rings. The first-order chi connectivity index (χ1) is 12.0. The quantitative estimate of drug-likeness (QED) is 0.844. The summed E-state index contributed by atoms with van der Waals surface area (Å²) in [6, 6.07) is 6.65. The lowest BCUT2D eigenvalue weighted by atomic mass is 10.1. The highest BCUT2D eigenvalue weighted by Crippen LogP contribution is 2.20. The number of hydrogen-bond acceptors (Lipinski definition) is 5. The number of nitrogens with zero attached hydrogens (tertiary/aromatic N) is 1. The van der Waals surface area contributed by atoms with Crippen LogP contribution in [0.5, 0.6) is 5.88 Å². The molecule has 1 aromatic heterocycles. The standard InChI is InChI=1S/C18H17FN2O4/c1-11(22)15-3-2-13(19)9-16(15)21-18(23)12-4-6-20-17(8-12)25-14-5-7-24-10-14/h2-4,6,8-9,14H,5,7,10H2,1H3,(H,21,23). The lowest BCUT2D eigenvalue weighted by Gasteiger charge is -2.12. The van der Waals surface area contributed by atoms with E-state index in [1.165, 1.54) is 37.4 Å². The number of carbonyl (C=O) groups is 2. The molecule has 1 aliphatic heterocycles. The molecule has 1 atom stereocenters. The van der Waals surface area contributed by atoms with Gasteiger partial charge in [-0.2, -0.15) is 0 Å². The first-order valence-corrected chi connectivity index (χ1v) is 7.85. The van der Waals surface area contributed by atoms with Crippen LogP contribution >= 0.6 is 0 Å². The molecule has 1 N–H and O–H groups in total. The number of amides is 1. The number of benzene rings is 1. The Morgan fingerprint density at radius 2 is 2.16 bits per heavy atom. The second-order valence-corrected chi connectivity index (χ2v) is 5.69. The van der Waals surface area contributed by atoms with Crippen molar-refractivity contribution in [1.82, 2.24) is 4.98 Å². The van der Waals surface area contributed by atoms with Gasteiger partial charge in [0.15, 0.2) is 5.78 Å². The first kappa shape index (κ1) is 17.0. The topological polar surface area (TPSA) is 77.5 Å². The summed E-state index contributed by atoms with van der Waals surface area (Å²) < 4.78 is 24.4. The second-order valence-electron chi connectivity index (χ2n) is 5.69. The van der Waals surface area contributed by atoms with E-state index in [4.69, 9.17) is 9.47 Å². The minimum absolute atomic E-state index is 0.0849. The predicted octanol–water partition coefficient (Wildman–Crippen LogP) is 2.84. The van der Waals surface area contributed by atoms with Crippen LogP contribution in [0, 0.1) is 5.82 Å². The van der Waals surface area contributed by atoms with Crippen LogP contribution in [0.3, 0.4) is 0 Å². The minimum atomic E-state index is -0.541. The van der Waals surface area contributed by atoms with Gasteiger partial charge in [0.2, 0.25) is 5.88 Å². The van der Waals surface area contributed by atoms with Gasteiger partial charge in [0, 0.05) is 29.8 Å². The number of pyridine rings is 1. The number of rotatable bonds is 5. The monoisotopic (exact) mass is 344 g/mol. The van der Waals surface area contributed by atoms with Gasteiger partial charge in [-0.25, -0.2) is 9.37 Å². The van der Waals surface area contributed by atoms with Crippen molar-refractivity contribution in [3.8, 4) is 5.88 Å². The van der Waals surface area contributed by atoms with Gasteiger partial charge in [0.1, 0.15) is 11.9 Å². The molecule has 6 nitrogen and oxygen atoms in total. The number of Topliss-reactive ketones (excluding diaryl/α,β-unsaturated/α-hetero) is 1. The number of nitrogens with one attached hydrogen (secondary N) is 1. The van der Waals surface area contributed by atoms with Crippen LogP contribution in [-0.2, 0) is 4.74 Å². The molecule has 0 saturated carbocycles. The van der Waals surface area contributed by atoms with Gasteiger partial charge in [-0.05, 0) is 31.2 Å². The Labute approximate surface area is 144 Å². The van der Waals surface area contributed by atoms with Crippen LogP contribution < -0.4 is 10.1 Å². The number of ether oxygens (including phenoxy) is 2. The minimum Gasteiger partial charge on any atom is -0.472 e. The fraction of sp³-hybridized carbons (Fsp3) is 0.278. The Kier molecular flexibility index (Phi) is 5.04. The van der Waals surface area contributed by atoms with Crippen molar-refractivity contribution < 1.29 is 23.5 Å². The average Bonchev–Trinajstić information content (AvgIpc) is 3.08. The lowest BCUT2D eigenvalue weighted by molar-refractivity contribution is 0.101. The maximum absolute atomic E-state index is 13.5. The zero-order valence-corrected chi connectivity index (χ0v) is 13.6. The Balaban J connectivity index is 1.77. The summed E-state index contributed by atoms with van der Waals surface area (Å²) in [7, 11) is 0. The molecular formula is C18H17FN2O4. The molecule has 0 radical (unpaired) electrons. The normalized spacial score (nSPS) is 16.5. The Bertz CT molecular complexity index is 803. The molecule has 7 heteroatoms. The van der Waals surface area contributed by atoms with E-state index in [2.05, 4.69) is 10.3 Å². The third-order valence-corrected chi connectivity index (χ3v) is 3.78. The summed E-state index contributed by atoms with van der Waals surface area (Å²) in [6.07, 6.45) is 2.14. The second kappa shape index (κ2) is 7.40. The molecule has 3 rings (SSSR count). The molecule has 0 bridgehead atoms.